The lowest BCUT2D eigenvalue weighted by Crippen LogP contribution is -2.37. The lowest BCUT2D eigenvalue weighted by molar-refractivity contribution is 0.206. The van der Waals surface area contributed by atoms with Gasteiger partial charge < -0.3 is 4.90 Å². The maximum atomic E-state index is 13.2. The van der Waals surface area contributed by atoms with Crippen LogP contribution in [0, 0.1) is 6.92 Å². The third-order valence-electron chi connectivity index (χ3n) is 5.18. The van der Waals surface area contributed by atoms with Crippen LogP contribution < -0.4 is 4.90 Å². The van der Waals surface area contributed by atoms with E-state index < -0.39 is 15.9 Å². The Hall–Kier alpha value is -1.76. The molecular formula is C19H18Cl2N2O3S. The quantitative estimate of drug-likeness (QED) is 0.701. The maximum Gasteiger partial charge on any atom is 0.325 e. The fourth-order valence-corrected chi connectivity index (χ4v) is 6.03. The first kappa shape index (κ1) is 18.6. The number of carbonyl (C=O) groups is 1. The van der Waals surface area contributed by atoms with Gasteiger partial charge in [-0.1, -0.05) is 41.4 Å². The molecule has 27 heavy (non-hydrogen) atoms. The van der Waals surface area contributed by atoms with Gasteiger partial charge in [-0.05, 0) is 42.3 Å². The van der Waals surface area contributed by atoms with Gasteiger partial charge in [0.05, 0.1) is 23.6 Å². The molecule has 0 spiro atoms. The molecule has 0 unspecified atom stereocenters. The smallest absolute Gasteiger partial charge is 0.314 e. The molecule has 2 heterocycles. The second kappa shape index (κ2) is 6.69. The number of carbonyl (C=O) groups excluding carboxylic acids is 1. The summed E-state index contributed by atoms with van der Waals surface area (Å²) in [4.78, 5) is 16.4. The number of aryl methyl sites for hydroxylation is 1. The monoisotopic (exact) mass is 424 g/mol. The van der Waals surface area contributed by atoms with Gasteiger partial charge >= 0.3 is 6.03 Å². The third-order valence-corrected chi connectivity index (χ3v) is 7.54. The fourth-order valence-electron chi connectivity index (χ4n) is 3.78. The van der Waals surface area contributed by atoms with Gasteiger partial charge in [0, 0.05) is 22.3 Å². The number of rotatable bonds is 3. The van der Waals surface area contributed by atoms with Gasteiger partial charge in [0.15, 0.2) is 9.84 Å². The van der Waals surface area contributed by atoms with E-state index in [1.54, 1.807) is 28.0 Å². The molecule has 0 saturated carbocycles. The summed E-state index contributed by atoms with van der Waals surface area (Å²) in [5.74, 6) is -0.0564. The number of hydrogen-bond acceptors (Lipinski definition) is 3. The summed E-state index contributed by atoms with van der Waals surface area (Å²) in [6.07, 6.45) is 0. The zero-order valence-electron chi connectivity index (χ0n) is 14.6. The van der Waals surface area contributed by atoms with Crippen molar-refractivity contribution in [1.82, 2.24) is 4.90 Å². The average Bonchev–Trinajstić information content (AvgIpc) is 3.03. The first-order chi connectivity index (χ1) is 12.7. The topological polar surface area (TPSA) is 57.7 Å². The molecule has 142 valence electrons. The second-order valence-corrected chi connectivity index (χ2v) is 10.0. The SMILES string of the molecule is Cc1ccc(N2C(=O)N(Cc3ccc(Cl)cc3)[C@@H]3CS(=O)(=O)C[C@H]32)cc1Cl. The van der Waals surface area contributed by atoms with Crippen LogP contribution in [0.1, 0.15) is 11.1 Å². The zero-order valence-corrected chi connectivity index (χ0v) is 16.9. The highest BCUT2D eigenvalue weighted by molar-refractivity contribution is 7.91. The number of nitrogens with zero attached hydrogens (tertiary/aromatic N) is 2. The summed E-state index contributed by atoms with van der Waals surface area (Å²) in [5.41, 5.74) is 2.43. The van der Waals surface area contributed by atoms with Gasteiger partial charge in [-0.25, -0.2) is 13.2 Å². The summed E-state index contributed by atoms with van der Waals surface area (Å²) >= 11 is 12.2. The highest BCUT2D eigenvalue weighted by atomic mass is 35.5. The third kappa shape index (κ3) is 3.42. The summed E-state index contributed by atoms with van der Waals surface area (Å²) < 4.78 is 24.6. The number of benzene rings is 2. The van der Waals surface area contributed by atoms with Crippen LogP contribution in [0.4, 0.5) is 10.5 Å². The first-order valence-electron chi connectivity index (χ1n) is 8.56. The minimum absolute atomic E-state index is 0.0207. The molecule has 2 fully saturated rings. The van der Waals surface area contributed by atoms with Crippen molar-refractivity contribution in [2.45, 2.75) is 25.6 Å². The predicted molar refractivity (Wildman–Crippen MR) is 107 cm³/mol. The van der Waals surface area contributed by atoms with Crippen molar-refractivity contribution in [2.75, 3.05) is 16.4 Å². The number of fused-ring (bicyclic) bond motifs is 1. The molecule has 2 aromatic carbocycles. The van der Waals surface area contributed by atoms with Gasteiger partial charge in [0.2, 0.25) is 0 Å². The Morgan fingerprint density at radius 3 is 2.37 bits per heavy atom. The van der Waals surface area contributed by atoms with Gasteiger partial charge in [0.1, 0.15) is 0 Å². The van der Waals surface area contributed by atoms with Crippen molar-refractivity contribution in [2.24, 2.45) is 0 Å². The van der Waals surface area contributed by atoms with E-state index in [0.717, 1.165) is 11.1 Å². The molecule has 2 amide bonds. The highest BCUT2D eigenvalue weighted by Gasteiger charge is 2.53. The maximum absolute atomic E-state index is 13.2. The Labute approximate surface area is 168 Å². The molecule has 0 aromatic heterocycles. The normalized spacial score (nSPS) is 23.7. The molecule has 2 aromatic rings. The van der Waals surface area contributed by atoms with Gasteiger partial charge in [-0.15, -0.1) is 0 Å². The van der Waals surface area contributed by atoms with Crippen LogP contribution in [0.25, 0.3) is 0 Å². The Kier molecular flexibility index (Phi) is 4.61. The number of anilines is 1. The molecule has 2 saturated heterocycles. The van der Waals surface area contributed by atoms with Crippen molar-refractivity contribution in [3.63, 3.8) is 0 Å². The largest absolute Gasteiger partial charge is 0.325 e. The van der Waals surface area contributed by atoms with Gasteiger partial charge in [0.25, 0.3) is 0 Å². The fraction of sp³-hybridized carbons (Fsp3) is 0.316. The van der Waals surface area contributed by atoms with E-state index in [1.165, 1.54) is 0 Å². The summed E-state index contributed by atoms with van der Waals surface area (Å²) in [6, 6.07) is 11.6. The lowest BCUT2D eigenvalue weighted by Gasteiger charge is -2.23. The molecule has 0 bridgehead atoms. The molecule has 0 aliphatic carbocycles. The van der Waals surface area contributed by atoms with Gasteiger partial charge in [-0.2, -0.15) is 0 Å². The second-order valence-electron chi connectivity index (χ2n) is 7.05. The van der Waals surface area contributed by atoms with Crippen molar-refractivity contribution in [3.05, 3.63) is 63.6 Å². The van der Waals surface area contributed by atoms with Crippen molar-refractivity contribution >= 4 is 44.8 Å². The molecule has 8 heteroatoms. The molecule has 2 aliphatic rings. The minimum atomic E-state index is -3.21. The van der Waals surface area contributed by atoms with Crippen LogP contribution in [-0.4, -0.2) is 42.9 Å². The molecule has 0 N–H and O–H groups in total. The summed E-state index contributed by atoms with van der Waals surface area (Å²) in [7, 11) is -3.21. The minimum Gasteiger partial charge on any atom is -0.314 e. The number of hydrogen-bond donors (Lipinski definition) is 0. The van der Waals surface area contributed by atoms with Gasteiger partial charge in [-0.3, -0.25) is 4.90 Å². The van der Waals surface area contributed by atoms with Crippen LogP contribution in [-0.2, 0) is 16.4 Å². The van der Waals surface area contributed by atoms with E-state index in [1.807, 2.05) is 31.2 Å². The molecule has 0 radical (unpaired) electrons. The summed E-state index contributed by atoms with van der Waals surface area (Å²) in [5, 5.41) is 1.16. The number of sulfone groups is 1. The van der Waals surface area contributed by atoms with Crippen LogP contribution in [0.3, 0.4) is 0 Å². The van der Waals surface area contributed by atoms with Crippen LogP contribution in [0.15, 0.2) is 42.5 Å². The zero-order chi connectivity index (χ0) is 19.3. The van der Waals surface area contributed by atoms with E-state index in [4.69, 9.17) is 23.2 Å². The van der Waals surface area contributed by atoms with Crippen molar-refractivity contribution in [1.29, 1.82) is 0 Å². The highest BCUT2D eigenvalue weighted by Crippen LogP contribution is 2.37. The number of amides is 2. The summed E-state index contributed by atoms with van der Waals surface area (Å²) in [6.45, 7) is 2.22. The number of halogens is 2. The molecular weight excluding hydrogens is 407 g/mol. The van der Waals surface area contributed by atoms with E-state index >= 15 is 0 Å². The van der Waals surface area contributed by atoms with Crippen LogP contribution in [0.2, 0.25) is 10.0 Å². The first-order valence-corrected chi connectivity index (χ1v) is 11.1. The number of urea groups is 1. The lowest BCUT2D eigenvalue weighted by atomic mass is 10.1. The van der Waals surface area contributed by atoms with E-state index in [9.17, 15) is 13.2 Å². The molecule has 2 aliphatic heterocycles. The molecule has 4 rings (SSSR count). The Morgan fingerprint density at radius 2 is 1.70 bits per heavy atom. The Balaban J connectivity index is 1.71. The molecule has 5 nitrogen and oxygen atoms in total. The van der Waals surface area contributed by atoms with E-state index in [2.05, 4.69) is 0 Å². The van der Waals surface area contributed by atoms with E-state index in [0.29, 0.717) is 22.3 Å². The van der Waals surface area contributed by atoms with E-state index in [-0.39, 0.29) is 23.6 Å². The van der Waals surface area contributed by atoms with Crippen molar-refractivity contribution < 1.29 is 13.2 Å². The van der Waals surface area contributed by atoms with Crippen LogP contribution in [0.5, 0.6) is 0 Å². The Bertz CT molecular complexity index is 1010. The Morgan fingerprint density at radius 1 is 1.04 bits per heavy atom. The van der Waals surface area contributed by atoms with Crippen molar-refractivity contribution in [3.8, 4) is 0 Å². The predicted octanol–water partition coefficient (Wildman–Crippen LogP) is 3.91. The average molecular weight is 425 g/mol. The standard InChI is InChI=1S/C19H18Cl2N2O3S/c1-12-2-7-15(8-16(12)21)23-18-11-27(25,26)10-17(18)22(19(23)24)9-13-3-5-14(20)6-4-13/h2-8,17-18H,9-11H2,1H3/t17-,18-/m1/s1. The molecule has 2 atom stereocenters. The van der Waals surface area contributed by atoms with Crippen LogP contribution >= 0.6 is 23.2 Å².